The maximum Gasteiger partial charge on any atom is 0.282 e. The third-order valence-corrected chi connectivity index (χ3v) is 6.73. The third kappa shape index (κ3) is 4.05. The zero-order chi connectivity index (χ0) is 25.0. The van der Waals surface area contributed by atoms with E-state index in [1.165, 1.54) is 4.90 Å². The number of benzene rings is 2. The summed E-state index contributed by atoms with van der Waals surface area (Å²) in [6.45, 7) is 3.91. The van der Waals surface area contributed by atoms with Crippen molar-refractivity contribution in [3.05, 3.63) is 70.5 Å². The Morgan fingerprint density at radius 2 is 1.86 bits per heavy atom. The Morgan fingerprint density at radius 3 is 2.67 bits per heavy atom. The van der Waals surface area contributed by atoms with Gasteiger partial charge in [-0.1, -0.05) is 6.07 Å². The first kappa shape index (κ1) is 22.5. The number of hydrogen-bond donors (Lipinski definition) is 2. The molecule has 2 N–H and O–H groups in total. The van der Waals surface area contributed by atoms with Crippen molar-refractivity contribution in [1.29, 1.82) is 0 Å². The first-order chi connectivity index (χ1) is 17.2. The van der Waals surface area contributed by atoms with Gasteiger partial charge in [0.05, 0.1) is 18.3 Å². The lowest BCUT2D eigenvalue weighted by Gasteiger charge is -2.27. The number of aryl methyl sites for hydroxylation is 2. The molecule has 1 amide bonds. The van der Waals surface area contributed by atoms with Gasteiger partial charge in [-0.3, -0.25) is 9.69 Å². The van der Waals surface area contributed by atoms with Gasteiger partial charge in [0.1, 0.15) is 11.0 Å². The summed E-state index contributed by atoms with van der Waals surface area (Å²) in [6, 6.07) is 9.78. The zero-order valence-electron chi connectivity index (χ0n) is 19.8. The van der Waals surface area contributed by atoms with Crippen LogP contribution in [0, 0.1) is 13.8 Å². The van der Waals surface area contributed by atoms with E-state index < -0.39 is 24.4 Å². The van der Waals surface area contributed by atoms with Gasteiger partial charge < -0.3 is 10.2 Å². The van der Waals surface area contributed by atoms with E-state index in [-0.39, 0.29) is 13.1 Å². The van der Waals surface area contributed by atoms with Crippen molar-refractivity contribution in [3.63, 3.8) is 0 Å². The predicted octanol–water partition coefficient (Wildman–Crippen LogP) is 3.58. The average molecular weight is 491 g/mol. The topological polar surface area (TPSA) is 103 Å². The van der Waals surface area contributed by atoms with Gasteiger partial charge in [-0.2, -0.15) is 15.4 Å². The number of amides is 1. The number of aromatic nitrogens is 5. The molecule has 0 radical (unpaired) electrons. The molecule has 6 rings (SSSR count). The monoisotopic (exact) mass is 490 g/mol. The molecule has 0 aliphatic carbocycles. The molecular weight excluding hydrogens is 466 g/mol. The molecule has 1 atom stereocenters. The number of nitrogens with one attached hydrogen (secondary N) is 2. The minimum absolute atomic E-state index is 0.0716. The summed E-state index contributed by atoms with van der Waals surface area (Å²) in [5.74, 6) is -3.07. The predicted molar refractivity (Wildman–Crippen MR) is 129 cm³/mol. The number of halogens is 2. The fourth-order valence-electron chi connectivity index (χ4n) is 5.09. The molecular formula is C25H24F2N8O. The number of nitrogens with zero attached hydrogens (tertiary/aromatic N) is 6. The molecule has 4 heterocycles. The number of rotatable bonds is 4. The standard InChI is InChI=1S/C25H24F2N8O/c1-14-5-15(2)7-18(6-14)29-24-28-9-17-10-34(11-21(17)30-24)22-12-35(13-25(22,26)27)23(36)16-3-4-19-20(8-16)32-33-31-19/h3-9,22H,10-13H2,1-2H3,(H,28,29,30)(H,31,32,33). The summed E-state index contributed by atoms with van der Waals surface area (Å²) in [5, 5.41) is 13.6. The van der Waals surface area contributed by atoms with Crippen LogP contribution in [0.3, 0.4) is 0 Å². The quantitative estimate of drug-likeness (QED) is 0.451. The lowest BCUT2D eigenvalue weighted by atomic mass is 10.1. The van der Waals surface area contributed by atoms with Crippen LogP contribution in [0.2, 0.25) is 0 Å². The van der Waals surface area contributed by atoms with E-state index in [0.29, 0.717) is 34.8 Å². The number of carbonyl (C=O) groups excluding carboxylic acids is 1. The van der Waals surface area contributed by atoms with Crippen molar-refractivity contribution in [2.75, 3.05) is 18.4 Å². The van der Waals surface area contributed by atoms with Crippen LogP contribution in [-0.4, -0.2) is 66.1 Å². The van der Waals surface area contributed by atoms with Crippen LogP contribution in [0.25, 0.3) is 11.0 Å². The molecule has 4 aromatic rings. The van der Waals surface area contributed by atoms with Crippen molar-refractivity contribution >= 4 is 28.6 Å². The maximum atomic E-state index is 15.1. The lowest BCUT2D eigenvalue weighted by Crippen LogP contribution is -2.44. The highest BCUT2D eigenvalue weighted by Crippen LogP contribution is 2.36. The SMILES string of the molecule is Cc1cc(C)cc(Nc2ncc3c(n2)CN(C2CN(C(=O)c4ccc5n[nH]nc5c4)CC2(F)F)C3)c1. The molecule has 0 spiro atoms. The van der Waals surface area contributed by atoms with E-state index in [1.807, 2.05) is 26.0 Å². The van der Waals surface area contributed by atoms with Gasteiger partial charge >= 0.3 is 0 Å². The van der Waals surface area contributed by atoms with Crippen LogP contribution in [0.4, 0.5) is 20.4 Å². The van der Waals surface area contributed by atoms with E-state index in [1.54, 1.807) is 29.3 Å². The van der Waals surface area contributed by atoms with Gasteiger partial charge in [0.2, 0.25) is 5.95 Å². The van der Waals surface area contributed by atoms with E-state index >= 15 is 8.78 Å². The Bertz CT molecular complexity index is 1470. The number of anilines is 2. The lowest BCUT2D eigenvalue weighted by molar-refractivity contribution is -0.0520. The van der Waals surface area contributed by atoms with Gasteiger partial charge in [0.25, 0.3) is 11.8 Å². The molecule has 2 aliphatic rings. The number of alkyl halides is 2. The van der Waals surface area contributed by atoms with Crippen LogP contribution in [0.1, 0.15) is 32.7 Å². The van der Waals surface area contributed by atoms with Crippen molar-refractivity contribution in [2.45, 2.75) is 38.9 Å². The molecule has 1 saturated heterocycles. The second kappa shape index (κ2) is 8.30. The maximum absolute atomic E-state index is 15.1. The number of aromatic amines is 1. The Hall–Kier alpha value is -3.99. The molecule has 184 valence electrons. The van der Waals surface area contributed by atoms with Gasteiger partial charge in [0, 0.05) is 42.6 Å². The first-order valence-electron chi connectivity index (χ1n) is 11.7. The Labute approximate surface area is 205 Å². The summed E-state index contributed by atoms with van der Waals surface area (Å²) in [6.07, 6.45) is 1.69. The van der Waals surface area contributed by atoms with Crippen molar-refractivity contribution in [1.82, 2.24) is 35.2 Å². The third-order valence-electron chi connectivity index (χ3n) is 6.73. The Morgan fingerprint density at radius 1 is 1.08 bits per heavy atom. The second-order valence-electron chi connectivity index (χ2n) is 9.56. The summed E-state index contributed by atoms with van der Waals surface area (Å²) in [4.78, 5) is 24.9. The first-order valence-corrected chi connectivity index (χ1v) is 11.7. The van der Waals surface area contributed by atoms with Crippen LogP contribution in [0.15, 0.2) is 42.6 Å². The average Bonchev–Trinajstić information content (AvgIpc) is 3.53. The van der Waals surface area contributed by atoms with Crippen molar-refractivity contribution < 1.29 is 13.6 Å². The Kier molecular flexibility index (Phi) is 5.18. The molecule has 36 heavy (non-hydrogen) atoms. The van der Waals surface area contributed by atoms with Crippen molar-refractivity contribution in [2.24, 2.45) is 0 Å². The van der Waals surface area contributed by atoms with E-state index in [9.17, 15) is 4.79 Å². The Balaban J connectivity index is 1.17. The minimum Gasteiger partial charge on any atom is -0.331 e. The molecule has 0 bridgehead atoms. The molecule has 1 unspecified atom stereocenters. The van der Waals surface area contributed by atoms with E-state index in [2.05, 4.69) is 36.8 Å². The molecule has 0 saturated carbocycles. The fourth-order valence-corrected chi connectivity index (χ4v) is 5.09. The van der Waals surface area contributed by atoms with E-state index in [0.717, 1.165) is 22.4 Å². The van der Waals surface area contributed by atoms with Crippen LogP contribution >= 0.6 is 0 Å². The minimum atomic E-state index is -3.05. The van der Waals surface area contributed by atoms with Crippen LogP contribution < -0.4 is 5.32 Å². The number of H-pyrrole nitrogens is 1. The van der Waals surface area contributed by atoms with E-state index in [4.69, 9.17) is 0 Å². The highest BCUT2D eigenvalue weighted by atomic mass is 19.3. The molecule has 9 nitrogen and oxygen atoms in total. The second-order valence-corrected chi connectivity index (χ2v) is 9.56. The summed E-state index contributed by atoms with van der Waals surface area (Å²) < 4.78 is 30.3. The van der Waals surface area contributed by atoms with Crippen molar-refractivity contribution in [3.8, 4) is 0 Å². The largest absolute Gasteiger partial charge is 0.331 e. The molecule has 2 aromatic carbocycles. The highest BCUT2D eigenvalue weighted by Gasteiger charge is 2.53. The fraction of sp³-hybridized carbons (Fsp3) is 0.320. The van der Waals surface area contributed by atoms with Gasteiger partial charge in [-0.25, -0.2) is 18.7 Å². The highest BCUT2D eigenvalue weighted by molar-refractivity contribution is 5.97. The summed E-state index contributed by atoms with van der Waals surface area (Å²) in [7, 11) is 0. The zero-order valence-corrected chi connectivity index (χ0v) is 19.8. The number of likely N-dealkylation sites (tertiary alicyclic amines) is 1. The number of carbonyl (C=O) groups is 1. The normalized spacial score (nSPS) is 19.1. The number of hydrogen-bond acceptors (Lipinski definition) is 7. The van der Waals surface area contributed by atoms with Crippen LogP contribution in [-0.2, 0) is 13.1 Å². The molecule has 1 fully saturated rings. The summed E-state index contributed by atoms with van der Waals surface area (Å²) in [5.41, 5.74) is 6.09. The number of fused-ring (bicyclic) bond motifs is 2. The summed E-state index contributed by atoms with van der Waals surface area (Å²) >= 11 is 0. The van der Waals surface area contributed by atoms with Gasteiger partial charge in [0.15, 0.2) is 0 Å². The van der Waals surface area contributed by atoms with Gasteiger partial charge in [-0.15, -0.1) is 0 Å². The molecule has 2 aromatic heterocycles. The van der Waals surface area contributed by atoms with Crippen LogP contribution in [0.5, 0.6) is 0 Å². The van der Waals surface area contributed by atoms with Gasteiger partial charge in [-0.05, 0) is 55.3 Å². The molecule has 2 aliphatic heterocycles. The smallest absolute Gasteiger partial charge is 0.282 e. The molecule has 11 heteroatoms.